The van der Waals surface area contributed by atoms with Gasteiger partial charge >= 0.3 is 10.4 Å². The van der Waals surface area contributed by atoms with E-state index in [2.05, 4.69) is 44.5 Å². The number of ether oxygens (including phenoxy) is 7. The lowest BCUT2D eigenvalue weighted by Gasteiger charge is -2.51. The zero-order valence-electron chi connectivity index (χ0n) is 44.0. The van der Waals surface area contributed by atoms with Crippen molar-refractivity contribution in [3.63, 3.8) is 0 Å². The quantitative estimate of drug-likeness (QED) is 0.0183. The fourth-order valence-corrected chi connectivity index (χ4v) is 10.00. The van der Waals surface area contributed by atoms with Crippen LogP contribution in [-0.4, -0.2) is 232 Å². The Morgan fingerprint density at radius 1 is 0.494 bits per heavy atom. The predicted octanol–water partition coefficient (Wildman–Crippen LogP) is -3.33. The van der Waals surface area contributed by atoms with Gasteiger partial charge in [0.05, 0.1) is 26.4 Å². The largest absolute Gasteiger partial charge is 0.397 e. The van der Waals surface area contributed by atoms with E-state index >= 15 is 0 Å². The molecular formula is C48H84N4O24S. The number of aliphatic hydroxyl groups excluding tert-OH is 9. The highest BCUT2D eigenvalue weighted by Gasteiger charge is 2.56. The second-order valence-electron chi connectivity index (χ2n) is 19.8. The SMILES string of the molecule is CCCCCC/C=C\CCCCCCCCCC(=O)NC1C(O)[C@H](O)C(CO)O[C@H]1O[C@@H]1C(CO)O[C@@H](O[C@@H]2C(CO)O[C@@H](O[C@@H]3C(COS(=O)(=O)O)O[C@@H](O)C(NC(C)=O)C3O)C(NC(C)=O)C2O)C(NC(C)=O)C1O. The monoisotopic (exact) mass is 1130 g/mol. The van der Waals surface area contributed by atoms with Crippen LogP contribution in [0.3, 0.4) is 0 Å². The minimum absolute atomic E-state index is 0.0322. The third kappa shape index (κ3) is 20.4. The molecule has 4 aliphatic heterocycles. The molecule has 20 atom stereocenters. The highest BCUT2D eigenvalue weighted by atomic mass is 32.3. The lowest BCUT2D eigenvalue weighted by atomic mass is 9.93. The molecule has 4 rings (SSSR count). The van der Waals surface area contributed by atoms with Crippen molar-refractivity contribution in [3.05, 3.63) is 12.2 Å². The van der Waals surface area contributed by atoms with Gasteiger partial charge < -0.3 is 100 Å². The van der Waals surface area contributed by atoms with Crippen molar-refractivity contribution in [1.82, 2.24) is 21.3 Å². The molecule has 4 aliphatic rings. The summed E-state index contributed by atoms with van der Waals surface area (Å²) in [5.41, 5.74) is 0. The number of rotatable bonds is 31. The van der Waals surface area contributed by atoms with E-state index in [4.69, 9.17) is 33.2 Å². The standard InChI is InChI=1S/C48H84N4O24S/c1-5-6-7-8-9-10-11-12-13-14-15-16-17-18-19-20-32(59)52-34-38(61)37(60)28(21-53)71-46(34)74-42-29(22-54)72-47(35(40(42)63)50-26(3)57)75-43-30(23-55)73-48(36(41(43)64)51-27(4)58)76-44-31(24-69-77(66,67)68)70-45(65)33(39(44)62)49-25(2)56/h10-11,28-31,33-48,53-55,60-65H,5-9,12-24H2,1-4H3,(H,49,56)(H,50,57)(H,51,58)(H,52,59)(H,66,67,68)/b11-10-/t28?,29?,30?,31?,33?,34?,35?,36?,37-,38?,39?,40?,41?,42-,43-,44-,45-,46+,47+,48+/m1/s1. The molecule has 4 fully saturated rings. The van der Waals surface area contributed by atoms with Crippen molar-refractivity contribution in [2.45, 2.75) is 240 Å². The van der Waals surface area contributed by atoms with Crippen LogP contribution in [0.4, 0.5) is 0 Å². The summed E-state index contributed by atoms with van der Waals surface area (Å²) in [7, 11) is -5.15. The number of hydrogen-bond acceptors (Lipinski definition) is 23. The molecule has 0 aliphatic carbocycles. The van der Waals surface area contributed by atoms with Crippen LogP contribution in [0.2, 0.25) is 0 Å². The van der Waals surface area contributed by atoms with Gasteiger partial charge in [-0.2, -0.15) is 8.42 Å². The average molecular weight is 1130 g/mol. The molecule has 14 N–H and O–H groups in total. The Balaban J connectivity index is 1.47. The molecule has 0 spiro atoms. The molecule has 0 saturated carbocycles. The second-order valence-corrected chi connectivity index (χ2v) is 20.9. The minimum atomic E-state index is -5.15. The number of nitrogens with one attached hydrogen (secondary N) is 4. The minimum Gasteiger partial charge on any atom is -0.394 e. The molecule has 29 heteroatoms. The predicted molar refractivity (Wildman–Crippen MR) is 264 cm³/mol. The number of unbranched alkanes of at least 4 members (excludes halogenated alkanes) is 11. The van der Waals surface area contributed by atoms with Crippen LogP contribution in [-0.2, 0) is 66.9 Å². The van der Waals surface area contributed by atoms with E-state index in [0.717, 1.165) is 72.1 Å². The zero-order valence-corrected chi connectivity index (χ0v) is 44.8. The van der Waals surface area contributed by atoms with Gasteiger partial charge in [-0.3, -0.25) is 23.7 Å². The van der Waals surface area contributed by atoms with Crippen LogP contribution in [0.5, 0.6) is 0 Å². The van der Waals surface area contributed by atoms with Crippen molar-refractivity contribution < 1.29 is 115 Å². The number of amides is 4. The lowest BCUT2D eigenvalue weighted by molar-refractivity contribution is -0.361. The Morgan fingerprint density at radius 3 is 1.32 bits per heavy atom. The van der Waals surface area contributed by atoms with Crippen LogP contribution in [0, 0.1) is 0 Å². The highest BCUT2D eigenvalue weighted by molar-refractivity contribution is 7.80. The summed E-state index contributed by atoms with van der Waals surface area (Å²) in [6.07, 6.45) is -10.8. The van der Waals surface area contributed by atoms with Crippen molar-refractivity contribution >= 4 is 34.0 Å². The summed E-state index contributed by atoms with van der Waals surface area (Å²) < 4.78 is 77.9. The Kier molecular flexibility index (Phi) is 28.4. The van der Waals surface area contributed by atoms with Gasteiger partial charge in [-0.15, -0.1) is 0 Å². The van der Waals surface area contributed by atoms with Crippen LogP contribution < -0.4 is 21.3 Å². The Morgan fingerprint density at radius 2 is 0.883 bits per heavy atom. The number of hydrogen-bond donors (Lipinski definition) is 14. The first kappa shape index (κ1) is 66.4. The maximum Gasteiger partial charge on any atom is 0.397 e. The molecule has 4 heterocycles. The van der Waals surface area contributed by atoms with E-state index in [9.17, 15) is 78.1 Å². The van der Waals surface area contributed by atoms with E-state index < -0.39 is 183 Å². The summed E-state index contributed by atoms with van der Waals surface area (Å²) in [5, 5.41) is 109. The van der Waals surface area contributed by atoms with Crippen LogP contribution >= 0.6 is 0 Å². The summed E-state index contributed by atoms with van der Waals surface area (Å²) in [6.45, 7) is 1.42. The van der Waals surface area contributed by atoms with E-state index in [1.807, 2.05) is 0 Å². The molecule has 12 unspecified atom stereocenters. The first-order valence-corrected chi connectivity index (χ1v) is 27.8. The number of aliphatic hydroxyl groups is 9. The van der Waals surface area contributed by atoms with Crippen molar-refractivity contribution in [2.24, 2.45) is 0 Å². The lowest BCUT2D eigenvalue weighted by Crippen LogP contribution is -2.71. The van der Waals surface area contributed by atoms with E-state index in [1.54, 1.807) is 0 Å². The Hall–Kier alpha value is -3.15. The molecule has 0 radical (unpaired) electrons. The molecule has 0 bridgehead atoms. The number of carbonyl (C=O) groups excluding carboxylic acids is 4. The van der Waals surface area contributed by atoms with Crippen LogP contribution in [0.1, 0.15) is 118 Å². The fourth-order valence-electron chi connectivity index (χ4n) is 9.69. The topological polar surface area (TPSA) is 427 Å². The number of carbonyl (C=O) groups is 4. The molecular weight excluding hydrogens is 1050 g/mol. The van der Waals surface area contributed by atoms with Gasteiger partial charge in [0.1, 0.15) is 97.4 Å². The summed E-state index contributed by atoms with van der Waals surface area (Å²) in [4.78, 5) is 50.5. The zero-order chi connectivity index (χ0) is 57.0. The highest BCUT2D eigenvalue weighted by Crippen LogP contribution is 2.35. The van der Waals surface area contributed by atoms with E-state index in [-0.39, 0.29) is 6.42 Å². The first-order chi connectivity index (χ1) is 36.5. The normalized spacial score (nSPS) is 35.8. The summed E-state index contributed by atoms with van der Waals surface area (Å²) >= 11 is 0. The molecule has 4 saturated heterocycles. The Labute approximate surface area is 448 Å². The van der Waals surface area contributed by atoms with E-state index in [0.29, 0.717) is 6.42 Å². The molecule has 0 aromatic carbocycles. The van der Waals surface area contributed by atoms with Crippen molar-refractivity contribution in [1.29, 1.82) is 0 Å². The summed E-state index contributed by atoms with van der Waals surface area (Å²) in [5.74, 6) is -2.91. The van der Waals surface area contributed by atoms with Gasteiger partial charge in [0.25, 0.3) is 0 Å². The van der Waals surface area contributed by atoms with Crippen LogP contribution in [0.25, 0.3) is 0 Å². The molecule has 446 valence electrons. The molecule has 77 heavy (non-hydrogen) atoms. The average Bonchev–Trinajstić information content (AvgIpc) is 3.36. The molecule has 0 aromatic heterocycles. The van der Waals surface area contributed by atoms with Gasteiger partial charge in [-0.05, 0) is 32.1 Å². The molecule has 0 aromatic rings. The third-order valence-electron chi connectivity index (χ3n) is 13.6. The van der Waals surface area contributed by atoms with Gasteiger partial charge in [0, 0.05) is 27.2 Å². The molecule has 28 nitrogen and oxygen atoms in total. The number of allylic oxidation sites excluding steroid dienone is 2. The maximum atomic E-state index is 13.3. The van der Waals surface area contributed by atoms with Gasteiger partial charge in [0.15, 0.2) is 25.2 Å². The third-order valence-corrected chi connectivity index (χ3v) is 14.1. The Bertz CT molecular complexity index is 1940. The van der Waals surface area contributed by atoms with Gasteiger partial charge in [-0.1, -0.05) is 70.4 Å². The second kappa shape index (κ2) is 32.9. The first-order valence-electron chi connectivity index (χ1n) is 26.4. The summed E-state index contributed by atoms with van der Waals surface area (Å²) in [6, 6.07) is -6.58. The smallest absolute Gasteiger partial charge is 0.394 e. The van der Waals surface area contributed by atoms with Gasteiger partial charge in [0.2, 0.25) is 23.6 Å². The fraction of sp³-hybridized carbons (Fsp3) is 0.875. The van der Waals surface area contributed by atoms with Crippen LogP contribution in [0.15, 0.2) is 12.2 Å². The van der Waals surface area contributed by atoms with E-state index in [1.165, 1.54) is 25.7 Å². The maximum absolute atomic E-state index is 13.3. The van der Waals surface area contributed by atoms with Gasteiger partial charge in [-0.25, -0.2) is 4.18 Å². The van der Waals surface area contributed by atoms with Crippen molar-refractivity contribution in [3.8, 4) is 0 Å². The molecule has 4 amide bonds. The van der Waals surface area contributed by atoms with Crippen molar-refractivity contribution in [2.75, 3.05) is 26.4 Å².